The maximum Gasteiger partial charge on any atom is 0.246 e. The molecule has 2 aliphatic rings. The van der Waals surface area contributed by atoms with E-state index in [9.17, 15) is 4.79 Å². The average molecular weight is 404 g/mol. The summed E-state index contributed by atoms with van der Waals surface area (Å²) in [4.78, 5) is 26.8. The summed E-state index contributed by atoms with van der Waals surface area (Å²) >= 11 is 6.26. The summed E-state index contributed by atoms with van der Waals surface area (Å²) in [5.41, 5.74) is 6.31. The Bertz CT molecular complexity index is 776. The molecule has 2 fully saturated rings. The number of hydrogen-bond donors (Lipinski definition) is 3. The fraction of sp³-hybridized carbons (Fsp3) is 0.474. The molecule has 1 aliphatic heterocycles. The zero-order valence-corrected chi connectivity index (χ0v) is 16.5. The van der Waals surface area contributed by atoms with E-state index in [1.54, 1.807) is 11.1 Å². The number of halogens is 1. The Kier molecular flexibility index (Phi) is 6.86. The van der Waals surface area contributed by atoms with Gasteiger partial charge in [0.1, 0.15) is 5.02 Å². The molecule has 1 amide bonds. The molecule has 150 valence electrons. The van der Waals surface area contributed by atoms with E-state index in [4.69, 9.17) is 17.3 Å². The minimum atomic E-state index is -0.0638. The Balaban J connectivity index is 1.64. The van der Waals surface area contributed by atoms with Gasteiger partial charge in [0.2, 0.25) is 11.9 Å². The lowest BCUT2D eigenvalue weighted by atomic mass is 9.94. The van der Waals surface area contributed by atoms with Gasteiger partial charge in [-0.1, -0.05) is 18.2 Å². The van der Waals surface area contributed by atoms with Gasteiger partial charge in [-0.05, 0) is 38.2 Å². The van der Waals surface area contributed by atoms with E-state index in [-0.39, 0.29) is 11.9 Å². The first kappa shape index (κ1) is 20.1. The SMILES string of the molecule is C=CC(=O)N1CCCC(Nc2nc(NC(C=NC3CCC3)=CN)ncc2Cl)C1. The molecule has 9 heteroatoms. The predicted octanol–water partition coefficient (Wildman–Crippen LogP) is 2.55. The molecule has 1 aromatic rings. The van der Waals surface area contributed by atoms with E-state index < -0.39 is 0 Å². The van der Waals surface area contributed by atoms with Crippen LogP contribution >= 0.6 is 11.6 Å². The number of nitrogens with two attached hydrogens (primary N) is 1. The standard InChI is InChI=1S/C19H26ClN7O/c1-2-17(28)27-8-4-7-14(12-27)24-18-16(20)11-23-19(26-18)25-15(9-21)10-22-13-5-3-6-13/h2,9-11,13-14H,1,3-8,12,21H2,(H2,23,24,25,26). The summed E-state index contributed by atoms with van der Waals surface area (Å²) in [6, 6.07) is 0.440. The molecule has 3 rings (SSSR count). The lowest BCUT2D eigenvalue weighted by Gasteiger charge is -2.33. The van der Waals surface area contributed by atoms with Gasteiger partial charge >= 0.3 is 0 Å². The van der Waals surface area contributed by atoms with Crippen LogP contribution in [0.4, 0.5) is 11.8 Å². The lowest BCUT2D eigenvalue weighted by Crippen LogP contribution is -2.44. The van der Waals surface area contributed by atoms with Crippen molar-refractivity contribution in [2.24, 2.45) is 10.7 Å². The van der Waals surface area contributed by atoms with E-state index >= 15 is 0 Å². The van der Waals surface area contributed by atoms with E-state index in [1.807, 2.05) is 0 Å². The molecule has 1 aliphatic carbocycles. The zero-order valence-electron chi connectivity index (χ0n) is 15.8. The van der Waals surface area contributed by atoms with Crippen molar-refractivity contribution in [2.45, 2.75) is 44.2 Å². The molecule has 0 aromatic carbocycles. The van der Waals surface area contributed by atoms with Crippen LogP contribution in [0.15, 0.2) is 35.7 Å². The molecule has 1 unspecified atom stereocenters. The molecule has 0 bridgehead atoms. The third-order valence-electron chi connectivity index (χ3n) is 4.93. The highest BCUT2D eigenvalue weighted by atomic mass is 35.5. The number of rotatable bonds is 7. The van der Waals surface area contributed by atoms with Gasteiger partial charge < -0.3 is 21.3 Å². The molecule has 2 heterocycles. The van der Waals surface area contributed by atoms with Crippen LogP contribution in [-0.4, -0.2) is 52.2 Å². The number of anilines is 2. The van der Waals surface area contributed by atoms with Crippen LogP contribution in [0.25, 0.3) is 0 Å². The molecule has 1 saturated carbocycles. The van der Waals surface area contributed by atoms with Gasteiger partial charge in [0.05, 0.1) is 17.9 Å². The average Bonchev–Trinajstić information content (AvgIpc) is 2.68. The van der Waals surface area contributed by atoms with Crippen LogP contribution in [0, 0.1) is 0 Å². The third kappa shape index (κ3) is 5.22. The third-order valence-corrected chi connectivity index (χ3v) is 5.20. The van der Waals surface area contributed by atoms with Crippen molar-refractivity contribution in [2.75, 3.05) is 23.7 Å². The number of aliphatic imine (C=N–C) groups is 1. The summed E-state index contributed by atoms with van der Waals surface area (Å²) in [6.45, 7) is 4.87. The van der Waals surface area contributed by atoms with E-state index in [0.717, 1.165) is 32.2 Å². The van der Waals surface area contributed by atoms with Gasteiger partial charge in [0.25, 0.3) is 0 Å². The van der Waals surface area contributed by atoms with Crippen LogP contribution in [0.3, 0.4) is 0 Å². The first-order chi connectivity index (χ1) is 13.6. The highest BCUT2D eigenvalue weighted by Crippen LogP contribution is 2.24. The van der Waals surface area contributed by atoms with Crippen molar-refractivity contribution in [3.05, 3.63) is 35.8 Å². The van der Waals surface area contributed by atoms with Gasteiger partial charge in [-0.25, -0.2) is 4.98 Å². The van der Waals surface area contributed by atoms with Crippen LogP contribution in [0.1, 0.15) is 32.1 Å². The molecular weight excluding hydrogens is 378 g/mol. The maximum atomic E-state index is 11.9. The number of carbonyl (C=O) groups excluding carboxylic acids is 1. The Morgan fingerprint density at radius 1 is 1.39 bits per heavy atom. The number of piperidine rings is 1. The summed E-state index contributed by atoms with van der Waals surface area (Å²) in [5, 5.41) is 6.80. The molecule has 28 heavy (non-hydrogen) atoms. The second-order valence-corrected chi connectivity index (χ2v) is 7.38. The van der Waals surface area contributed by atoms with Gasteiger partial charge in [0.15, 0.2) is 5.82 Å². The second-order valence-electron chi connectivity index (χ2n) is 6.97. The topological polar surface area (TPSA) is 109 Å². The highest BCUT2D eigenvalue weighted by Gasteiger charge is 2.23. The predicted molar refractivity (Wildman–Crippen MR) is 112 cm³/mol. The molecule has 1 atom stereocenters. The van der Waals surface area contributed by atoms with Crippen molar-refractivity contribution >= 4 is 35.5 Å². The molecule has 0 spiro atoms. The Morgan fingerprint density at radius 3 is 2.89 bits per heavy atom. The summed E-state index contributed by atoms with van der Waals surface area (Å²) in [6.07, 6.45) is 11.3. The van der Waals surface area contributed by atoms with Gasteiger partial charge in [-0.3, -0.25) is 9.79 Å². The first-order valence-electron chi connectivity index (χ1n) is 9.51. The molecule has 4 N–H and O–H groups in total. The van der Waals surface area contributed by atoms with Crippen LogP contribution < -0.4 is 16.4 Å². The fourth-order valence-corrected chi connectivity index (χ4v) is 3.26. The van der Waals surface area contributed by atoms with Crippen LogP contribution in [0.5, 0.6) is 0 Å². The van der Waals surface area contributed by atoms with Crippen molar-refractivity contribution < 1.29 is 4.79 Å². The number of aromatic nitrogens is 2. The van der Waals surface area contributed by atoms with Crippen molar-refractivity contribution in [3.8, 4) is 0 Å². The maximum absolute atomic E-state index is 11.9. The first-order valence-corrected chi connectivity index (χ1v) is 9.89. The lowest BCUT2D eigenvalue weighted by molar-refractivity contribution is -0.127. The van der Waals surface area contributed by atoms with Gasteiger partial charge in [-0.2, -0.15) is 4.98 Å². The van der Waals surface area contributed by atoms with E-state index in [2.05, 4.69) is 32.2 Å². The quantitative estimate of drug-likeness (QED) is 0.477. The molecule has 1 saturated heterocycles. The molecular formula is C19H26ClN7O. The molecule has 1 aromatic heterocycles. The highest BCUT2D eigenvalue weighted by molar-refractivity contribution is 6.32. The van der Waals surface area contributed by atoms with Crippen molar-refractivity contribution in [3.63, 3.8) is 0 Å². The smallest absolute Gasteiger partial charge is 0.246 e. The normalized spacial score (nSPS) is 20.7. The Labute approximate surface area is 170 Å². The Morgan fingerprint density at radius 2 is 2.21 bits per heavy atom. The number of carbonyl (C=O) groups is 1. The summed E-state index contributed by atoms with van der Waals surface area (Å²) < 4.78 is 0. The van der Waals surface area contributed by atoms with Crippen molar-refractivity contribution in [1.82, 2.24) is 14.9 Å². The summed E-state index contributed by atoms with van der Waals surface area (Å²) in [5.74, 6) is 0.828. The largest absolute Gasteiger partial charge is 0.403 e. The molecule has 0 radical (unpaired) electrons. The number of amides is 1. The van der Waals surface area contributed by atoms with Crippen LogP contribution in [0.2, 0.25) is 5.02 Å². The van der Waals surface area contributed by atoms with Gasteiger partial charge in [0, 0.05) is 31.5 Å². The number of nitrogens with one attached hydrogen (secondary N) is 2. The van der Waals surface area contributed by atoms with Gasteiger partial charge in [-0.15, -0.1) is 0 Å². The Hall–Kier alpha value is -2.61. The number of allylic oxidation sites excluding steroid dienone is 1. The van der Waals surface area contributed by atoms with Crippen molar-refractivity contribution in [1.29, 1.82) is 0 Å². The van der Waals surface area contributed by atoms with E-state index in [1.165, 1.54) is 24.9 Å². The summed E-state index contributed by atoms with van der Waals surface area (Å²) in [7, 11) is 0. The van der Waals surface area contributed by atoms with E-state index in [0.29, 0.717) is 35.1 Å². The van der Waals surface area contributed by atoms with Crippen LogP contribution in [-0.2, 0) is 4.79 Å². The minimum Gasteiger partial charge on any atom is -0.403 e. The second kappa shape index (κ2) is 9.54. The fourth-order valence-electron chi connectivity index (χ4n) is 3.11. The number of hydrogen-bond acceptors (Lipinski definition) is 7. The zero-order chi connectivity index (χ0) is 19.9. The minimum absolute atomic E-state index is 0.0580. The monoisotopic (exact) mass is 403 g/mol. The number of likely N-dealkylation sites (tertiary alicyclic amines) is 1. The molecule has 8 nitrogen and oxygen atoms in total. The number of nitrogens with zero attached hydrogens (tertiary/aromatic N) is 4.